The van der Waals surface area contributed by atoms with Gasteiger partial charge in [0.05, 0.1) is 12.7 Å². The highest BCUT2D eigenvalue weighted by Gasteiger charge is 2.25. The third-order valence-corrected chi connectivity index (χ3v) is 6.36. The van der Waals surface area contributed by atoms with Crippen LogP contribution in [0.4, 0.5) is 0 Å². The molecule has 3 nitrogen and oxygen atoms in total. The minimum Gasteiger partial charge on any atom is -0.465 e. The Hall–Kier alpha value is -2.37. The van der Waals surface area contributed by atoms with Gasteiger partial charge in [-0.2, -0.15) is 0 Å². The van der Waals surface area contributed by atoms with Gasteiger partial charge in [-0.15, -0.1) is 0 Å². The maximum atomic E-state index is 12.4. The molecule has 0 aliphatic carbocycles. The summed E-state index contributed by atoms with van der Waals surface area (Å²) in [7, 11) is 1.39. The highest BCUT2D eigenvalue weighted by Crippen LogP contribution is 2.40. The number of fused-ring (bicyclic) bond motifs is 2. The number of benzene rings is 3. The van der Waals surface area contributed by atoms with E-state index in [2.05, 4.69) is 38.4 Å². The Morgan fingerprint density at radius 1 is 1.00 bits per heavy atom. The van der Waals surface area contributed by atoms with Crippen LogP contribution in [0.25, 0.3) is 12.2 Å². The van der Waals surface area contributed by atoms with Crippen LogP contribution in [0.1, 0.15) is 27.0 Å². The predicted octanol–water partition coefficient (Wildman–Crippen LogP) is 5.07. The first-order valence-electron chi connectivity index (χ1n) is 8.59. The molecule has 140 valence electrons. The minimum atomic E-state index is -0.378. The number of carbonyl (C=O) groups excluding carboxylic acids is 1. The Balaban J connectivity index is 2.18. The summed E-state index contributed by atoms with van der Waals surface area (Å²) in [5.74, 6) is 1.07. The Bertz CT molecular complexity index is 1250. The molecule has 0 atom stereocenters. The van der Waals surface area contributed by atoms with Gasteiger partial charge in [0.15, 0.2) is 0 Å². The van der Waals surface area contributed by atoms with Gasteiger partial charge in [0.25, 0.3) is 0 Å². The largest absolute Gasteiger partial charge is 0.465 e. The molecule has 0 N–H and O–H groups in total. The number of carbonyl (C=O) groups is 1. The number of esters is 1. The molecule has 0 aromatic heterocycles. The first kappa shape index (κ1) is 19.0. The fourth-order valence-corrected chi connectivity index (χ4v) is 4.04. The summed E-state index contributed by atoms with van der Waals surface area (Å²) in [6.07, 6.45) is 0. The van der Waals surface area contributed by atoms with Crippen molar-refractivity contribution in [3.05, 3.63) is 90.2 Å². The second-order valence-electron chi connectivity index (χ2n) is 6.55. The second kappa shape index (κ2) is 7.22. The van der Waals surface area contributed by atoms with E-state index in [0.717, 1.165) is 47.4 Å². The molecule has 5 heteroatoms. The van der Waals surface area contributed by atoms with E-state index < -0.39 is 0 Å². The smallest absolute Gasteiger partial charge is 0.338 e. The zero-order valence-corrected chi connectivity index (χ0v) is 18.5. The van der Waals surface area contributed by atoms with E-state index in [1.807, 2.05) is 49.4 Å². The molecule has 3 aromatic rings. The lowest BCUT2D eigenvalue weighted by Gasteiger charge is -2.23. The molecule has 3 aromatic carbocycles. The van der Waals surface area contributed by atoms with E-state index in [4.69, 9.17) is 9.47 Å². The summed E-state index contributed by atoms with van der Waals surface area (Å²) in [5.41, 5.74) is 4.18. The van der Waals surface area contributed by atoms with Gasteiger partial charge in [0.1, 0.15) is 11.5 Å². The highest BCUT2D eigenvalue weighted by atomic mass is 79.9. The van der Waals surface area contributed by atoms with E-state index in [1.54, 1.807) is 6.07 Å². The van der Waals surface area contributed by atoms with E-state index in [9.17, 15) is 4.79 Å². The Labute approximate surface area is 179 Å². The molecule has 0 spiro atoms. The van der Waals surface area contributed by atoms with Gasteiger partial charge in [-0.3, -0.25) is 0 Å². The first-order valence-corrected chi connectivity index (χ1v) is 10.2. The number of aryl methyl sites for hydroxylation is 1. The molecule has 1 aliphatic rings. The van der Waals surface area contributed by atoms with Crippen LogP contribution in [0.5, 0.6) is 11.5 Å². The van der Waals surface area contributed by atoms with Gasteiger partial charge in [0, 0.05) is 25.3 Å². The van der Waals surface area contributed by atoms with E-state index >= 15 is 0 Å². The molecular formula is C23H16Br2O3. The van der Waals surface area contributed by atoms with Crippen molar-refractivity contribution in [2.24, 2.45) is 0 Å². The number of methoxy groups -OCH3 is 1. The van der Waals surface area contributed by atoms with Crippen molar-refractivity contribution >= 4 is 50.0 Å². The normalized spacial score (nSPS) is 12.1. The summed E-state index contributed by atoms with van der Waals surface area (Å²) < 4.78 is 13.1. The van der Waals surface area contributed by atoms with Crippen LogP contribution >= 0.6 is 31.9 Å². The molecular weight excluding hydrogens is 484 g/mol. The lowest BCUT2D eigenvalue weighted by atomic mass is 9.89. The average Bonchev–Trinajstić information content (AvgIpc) is 2.68. The Morgan fingerprint density at radius 2 is 1.75 bits per heavy atom. The number of hydrogen-bond donors (Lipinski definition) is 0. The van der Waals surface area contributed by atoms with Crippen LogP contribution < -0.4 is 15.2 Å². The predicted molar refractivity (Wildman–Crippen MR) is 117 cm³/mol. The van der Waals surface area contributed by atoms with Crippen LogP contribution in [-0.2, 0) is 4.74 Å². The molecule has 0 bridgehead atoms. The Morgan fingerprint density at radius 3 is 2.50 bits per heavy atom. The third-order valence-electron chi connectivity index (χ3n) is 4.77. The molecule has 28 heavy (non-hydrogen) atoms. The zero-order chi connectivity index (χ0) is 20.0. The van der Waals surface area contributed by atoms with Crippen molar-refractivity contribution in [3.8, 4) is 11.5 Å². The topological polar surface area (TPSA) is 35.5 Å². The fourth-order valence-electron chi connectivity index (χ4n) is 3.35. The lowest BCUT2D eigenvalue weighted by Crippen LogP contribution is -2.22. The van der Waals surface area contributed by atoms with Crippen molar-refractivity contribution in [1.82, 2.24) is 0 Å². The summed E-state index contributed by atoms with van der Waals surface area (Å²) >= 11 is 7.19. The average molecular weight is 500 g/mol. The van der Waals surface area contributed by atoms with Gasteiger partial charge < -0.3 is 9.47 Å². The summed E-state index contributed by atoms with van der Waals surface area (Å²) in [5, 5.41) is 1.72. The van der Waals surface area contributed by atoms with Gasteiger partial charge >= 0.3 is 5.97 Å². The van der Waals surface area contributed by atoms with Crippen LogP contribution in [0.3, 0.4) is 0 Å². The third kappa shape index (κ3) is 3.09. The van der Waals surface area contributed by atoms with Crippen molar-refractivity contribution < 1.29 is 14.3 Å². The standard InChI is InChI=1S/C23H16Br2O3/c1-12-8-20-16(10-18(12)24)22(14-6-4-5-7-15(14)23(26)27-3)17-11-19(25)13(2)9-21(17)28-20/h4-11H,1H2,2-3H3. The zero-order valence-electron chi connectivity index (χ0n) is 15.3. The van der Waals surface area contributed by atoms with E-state index in [1.165, 1.54) is 7.11 Å². The molecule has 0 amide bonds. The monoisotopic (exact) mass is 498 g/mol. The fraction of sp³-hybridized carbons (Fsp3) is 0.0870. The van der Waals surface area contributed by atoms with Crippen LogP contribution in [0.2, 0.25) is 0 Å². The van der Waals surface area contributed by atoms with Crippen molar-refractivity contribution in [3.63, 3.8) is 0 Å². The van der Waals surface area contributed by atoms with Crippen molar-refractivity contribution in [2.75, 3.05) is 7.11 Å². The van der Waals surface area contributed by atoms with Crippen LogP contribution in [-0.4, -0.2) is 13.1 Å². The summed E-state index contributed by atoms with van der Waals surface area (Å²) in [6.45, 7) is 6.07. The number of ether oxygens (including phenoxy) is 2. The highest BCUT2D eigenvalue weighted by molar-refractivity contribution is 9.10. The maximum absolute atomic E-state index is 12.4. The van der Waals surface area contributed by atoms with E-state index in [0.29, 0.717) is 11.3 Å². The Kier molecular flexibility index (Phi) is 4.89. The maximum Gasteiger partial charge on any atom is 0.338 e. The van der Waals surface area contributed by atoms with Gasteiger partial charge in [-0.25, -0.2) is 4.79 Å². The molecule has 0 saturated carbocycles. The van der Waals surface area contributed by atoms with Gasteiger partial charge in [-0.05, 0) is 53.6 Å². The number of halogens is 2. The van der Waals surface area contributed by atoms with Crippen LogP contribution in [0, 0.1) is 6.92 Å². The summed E-state index contributed by atoms with van der Waals surface area (Å²) in [4.78, 5) is 12.4. The number of hydrogen-bond acceptors (Lipinski definition) is 3. The van der Waals surface area contributed by atoms with Crippen LogP contribution in [0.15, 0.2) is 57.5 Å². The molecule has 0 radical (unpaired) electrons. The number of rotatable bonds is 2. The quantitative estimate of drug-likeness (QED) is 0.361. The first-order chi connectivity index (χ1) is 13.4. The SMILES string of the molecule is C=c1cc2c(cc1Br)=C(c1ccccc1C(=O)OC)c1cc(Br)c(C)cc1O2. The molecule has 0 fully saturated rings. The van der Waals surface area contributed by atoms with Crippen molar-refractivity contribution in [1.29, 1.82) is 0 Å². The summed E-state index contributed by atoms with van der Waals surface area (Å²) in [6, 6.07) is 15.4. The molecule has 4 rings (SSSR count). The van der Waals surface area contributed by atoms with E-state index in [-0.39, 0.29) is 5.97 Å². The molecule has 0 unspecified atom stereocenters. The van der Waals surface area contributed by atoms with Crippen molar-refractivity contribution in [2.45, 2.75) is 6.92 Å². The minimum absolute atomic E-state index is 0.378. The van der Waals surface area contributed by atoms with Gasteiger partial charge in [0.2, 0.25) is 0 Å². The molecule has 1 aliphatic heterocycles. The second-order valence-corrected chi connectivity index (χ2v) is 8.26. The molecule has 0 saturated heterocycles. The molecule has 1 heterocycles. The lowest BCUT2D eigenvalue weighted by molar-refractivity contribution is 0.0600. The van der Waals surface area contributed by atoms with Gasteiger partial charge in [-0.1, -0.05) is 56.6 Å².